The van der Waals surface area contributed by atoms with Gasteiger partial charge in [-0.05, 0) is 32.8 Å². The minimum absolute atomic E-state index is 0.114. The van der Waals surface area contributed by atoms with E-state index in [1.807, 2.05) is 19.3 Å². The van der Waals surface area contributed by atoms with Crippen molar-refractivity contribution >= 4 is 5.91 Å². The Morgan fingerprint density at radius 1 is 1.28 bits per heavy atom. The zero-order chi connectivity index (χ0) is 17.6. The van der Waals surface area contributed by atoms with Crippen molar-refractivity contribution in [3.63, 3.8) is 0 Å². The van der Waals surface area contributed by atoms with Gasteiger partial charge in [0.1, 0.15) is 11.5 Å². The summed E-state index contributed by atoms with van der Waals surface area (Å²) in [6, 6.07) is 2.33. The van der Waals surface area contributed by atoms with Crippen molar-refractivity contribution in [2.75, 3.05) is 6.54 Å². The van der Waals surface area contributed by atoms with Crippen LogP contribution in [0.25, 0.3) is 0 Å². The van der Waals surface area contributed by atoms with Gasteiger partial charge < -0.3 is 9.88 Å². The lowest BCUT2D eigenvalue weighted by molar-refractivity contribution is 0.0948. The smallest absolute Gasteiger partial charge is 0.271 e. The molecule has 3 rings (SSSR count). The van der Waals surface area contributed by atoms with E-state index in [0.717, 1.165) is 18.8 Å². The van der Waals surface area contributed by atoms with Crippen molar-refractivity contribution in [1.82, 2.24) is 24.6 Å². The average Bonchev–Trinajstić information content (AvgIpc) is 3.14. The number of carbonyl (C=O) groups is 1. The zero-order valence-corrected chi connectivity index (χ0v) is 15.4. The van der Waals surface area contributed by atoms with Crippen LogP contribution < -0.4 is 5.32 Å². The summed E-state index contributed by atoms with van der Waals surface area (Å²) in [4.78, 5) is 16.8. The topological polar surface area (TPSA) is 64.7 Å². The third kappa shape index (κ3) is 4.30. The van der Waals surface area contributed by atoms with E-state index in [4.69, 9.17) is 0 Å². The molecule has 1 amide bonds. The van der Waals surface area contributed by atoms with E-state index in [1.165, 1.54) is 44.2 Å². The fourth-order valence-electron chi connectivity index (χ4n) is 3.73. The SMILES string of the molecule is CCn1ccc(C(=O)NCCc2ncc(C)n2C2CCCCCC2)n1. The summed E-state index contributed by atoms with van der Waals surface area (Å²) in [5, 5.41) is 7.21. The van der Waals surface area contributed by atoms with E-state index in [0.29, 0.717) is 18.3 Å². The highest BCUT2D eigenvalue weighted by Crippen LogP contribution is 2.29. The van der Waals surface area contributed by atoms with E-state index >= 15 is 0 Å². The van der Waals surface area contributed by atoms with Crippen LogP contribution >= 0.6 is 0 Å². The van der Waals surface area contributed by atoms with Crippen molar-refractivity contribution in [2.45, 2.75) is 71.4 Å². The Labute approximate surface area is 149 Å². The summed E-state index contributed by atoms with van der Waals surface area (Å²) >= 11 is 0. The molecule has 1 aliphatic carbocycles. The molecule has 2 aromatic heterocycles. The van der Waals surface area contributed by atoms with Crippen LogP contribution in [0.15, 0.2) is 18.5 Å². The van der Waals surface area contributed by atoms with Crippen LogP contribution in [-0.4, -0.2) is 31.8 Å². The molecule has 0 spiro atoms. The molecule has 25 heavy (non-hydrogen) atoms. The number of nitrogens with one attached hydrogen (secondary N) is 1. The summed E-state index contributed by atoms with van der Waals surface area (Å²) < 4.78 is 4.17. The molecule has 1 saturated carbocycles. The van der Waals surface area contributed by atoms with Crippen LogP contribution in [-0.2, 0) is 13.0 Å². The van der Waals surface area contributed by atoms with Crippen LogP contribution in [0.3, 0.4) is 0 Å². The van der Waals surface area contributed by atoms with E-state index in [1.54, 1.807) is 10.7 Å². The van der Waals surface area contributed by atoms with E-state index in [9.17, 15) is 4.79 Å². The Balaban J connectivity index is 1.59. The van der Waals surface area contributed by atoms with Crippen molar-refractivity contribution in [3.8, 4) is 0 Å². The molecular formula is C19H29N5O. The normalized spacial score (nSPS) is 15.9. The Kier molecular flexibility index (Phi) is 5.89. The fraction of sp³-hybridized carbons (Fsp3) is 0.632. The van der Waals surface area contributed by atoms with Gasteiger partial charge in [-0.3, -0.25) is 9.48 Å². The van der Waals surface area contributed by atoms with E-state index in [2.05, 4.69) is 26.9 Å². The second-order valence-electron chi connectivity index (χ2n) is 6.89. The number of amides is 1. The molecule has 6 heteroatoms. The van der Waals surface area contributed by atoms with Gasteiger partial charge in [0.2, 0.25) is 0 Å². The largest absolute Gasteiger partial charge is 0.350 e. The third-order valence-electron chi connectivity index (χ3n) is 5.08. The predicted molar refractivity (Wildman–Crippen MR) is 97.6 cm³/mol. The molecule has 1 aliphatic rings. The number of carbonyl (C=O) groups excluding carboxylic acids is 1. The number of rotatable bonds is 6. The van der Waals surface area contributed by atoms with Gasteiger partial charge >= 0.3 is 0 Å². The molecule has 1 fully saturated rings. The molecule has 2 heterocycles. The average molecular weight is 343 g/mol. The van der Waals surface area contributed by atoms with E-state index in [-0.39, 0.29) is 5.91 Å². The van der Waals surface area contributed by atoms with Gasteiger partial charge in [-0.1, -0.05) is 25.7 Å². The lowest BCUT2D eigenvalue weighted by atomic mass is 10.1. The summed E-state index contributed by atoms with van der Waals surface area (Å²) in [5.74, 6) is 0.972. The molecule has 0 radical (unpaired) electrons. The van der Waals surface area contributed by atoms with Crippen LogP contribution in [0.5, 0.6) is 0 Å². The van der Waals surface area contributed by atoms with Crippen molar-refractivity contribution in [2.24, 2.45) is 0 Å². The molecule has 136 valence electrons. The first kappa shape index (κ1) is 17.7. The van der Waals surface area contributed by atoms with Gasteiger partial charge in [0.25, 0.3) is 5.91 Å². The van der Waals surface area contributed by atoms with Crippen LogP contribution in [0.1, 0.15) is 73.5 Å². The Hall–Kier alpha value is -2.11. The van der Waals surface area contributed by atoms with Crippen LogP contribution in [0.2, 0.25) is 0 Å². The lowest BCUT2D eigenvalue weighted by Gasteiger charge is -2.21. The molecule has 2 aromatic rings. The maximum absolute atomic E-state index is 12.2. The first-order valence-electron chi connectivity index (χ1n) is 9.53. The minimum atomic E-state index is -0.114. The summed E-state index contributed by atoms with van der Waals surface area (Å²) in [7, 11) is 0. The minimum Gasteiger partial charge on any atom is -0.350 e. The molecule has 0 unspecified atom stereocenters. The molecular weight excluding hydrogens is 314 g/mol. The second kappa shape index (κ2) is 8.32. The van der Waals surface area contributed by atoms with Gasteiger partial charge in [-0.2, -0.15) is 5.10 Å². The number of aromatic nitrogens is 4. The van der Waals surface area contributed by atoms with Gasteiger partial charge in [0.05, 0.1) is 0 Å². The van der Waals surface area contributed by atoms with Crippen LogP contribution in [0, 0.1) is 6.92 Å². The summed E-state index contributed by atoms with van der Waals surface area (Å²) in [6.45, 7) is 5.49. The molecule has 0 aromatic carbocycles. The Morgan fingerprint density at radius 3 is 2.72 bits per heavy atom. The first-order valence-corrected chi connectivity index (χ1v) is 9.53. The highest BCUT2D eigenvalue weighted by atomic mass is 16.1. The molecule has 0 atom stereocenters. The highest BCUT2D eigenvalue weighted by Gasteiger charge is 2.19. The quantitative estimate of drug-likeness (QED) is 0.819. The second-order valence-corrected chi connectivity index (χ2v) is 6.89. The predicted octanol–water partition coefficient (Wildman–Crippen LogP) is 3.28. The summed E-state index contributed by atoms with van der Waals surface area (Å²) in [5.41, 5.74) is 1.71. The number of nitrogens with zero attached hydrogens (tertiary/aromatic N) is 4. The fourth-order valence-corrected chi connectivity index (χ4v) is 3.73. The highest BCUT2D eigenvalue weighted by molar-refractivity contribution is 5.92. The van der Waals surface area contributed by atoms with Gasteiger partial charge in [0, 0.05) is 43.6 Å². The maximum atomic E-state index is 12.2. The van der Waals surface area contributed by atoms with Crippen molar-refractivity contribution in [1.29, 1.82) is 0 Å². The standard InChI is InChI=1S/C19H29N5O/c1-3-23-13-11-17(22-23)19(25)20-12-10-18-21-14-15(2)24(18)16-8-6-4-5-7-9-16/h11,13-14,16H,3-10,12H2,1-2H3,(H,20,25). The first-order chi connectivity index (χ1) is 12.2. The number of hydrogen-bond donors (Lipinski definition) is 1. The molecule has 0 bridgehead atoms. The van der Waals surface area contributed by atoms with Crippen molar-refractivity contribution < 1.29 is 4.79 Å². The van der Waals surface area contributed by atoms with E-state index < -0.39 is 0 Å². The Bertz CT molecular complexity index is 694. The monoisotopic (exact) mass is 343 g/mol. The number of aryl methyl sites for hydroxylation is 2. The molecule has 6 nitrogen and oxygen atoms in total. The zero-order valence-electron chi connectivity index (χ0n) is 15.4. The van der Waals surface area contributed by atoms with Crippen LogP contribution in [0.4, 0.5) is 0 Å². The lowest BCUT2D eigenvalue weighted by Crippen LogP contribution is -2.27. The molecule has 0 aliphatic heterocycles. The molecule has 1 N–H and O–H groups in total. The maximum Gasteiger partial charge on any atom is 0.271 e. The summed E-state index contributed by atoms with van der Waals surface area (Å²) in [6.07, 6.45) is 12.3. The Morgan fingerprint density at radius 2 is 2.04 bits per heavy atom. The number of imidazole rings is 1. The van der Waals surface area contributed by atoms with Gasteiger partial charge in [-0.15, -0.1) is 0 Å². The third-order valence-corrected chi connectivity index (χ3v) is 5.08. The van der Waals surface area contributed by atoms with Gasteiger partial charge in [0.15, 0.2) is 0 Å². The van der Waals surface area contributed by atoms with Crippen molar-refractivity contribution in [3.05, 3.63) is 35.7 Å². The number of hydrogen-bond acceptors (Lipinski definition) is 3. The van der Waals surface area contributed by atoms with Gasteiger partial charge in [-0.25, -0.2) is 4.98 Å². The molecule has 0 saturated heterocycles.